The third kappa shape index (κ3) is 3.54. The smallest absolute Gasteiger partial charge is 0.123 e. The van der Waals surface area contributed by atoms with Crippen molar-refractivity contribution in [3.05, 3.63) is 60.4 Å². The number of fused-ring (bicyclic) bond motifs is 1. The molecule has 0 bridgehead atoms. The zero-order valence-corrected chi connectivity index (χ0v) is 15.0. The molecule has 2 aromatic heterocycles. The molecule has 1 aromatic carbocycles. The second-order valence-electron chi connectivity index (χ2n) is 6.45. The van der Waals surface area contributed by atoms with Crippen LogP contribution in [0.3, 0.4) is 0 Å². The summed E-state index contributed by atoms with van der Waals surface area (Å²) in [5.74, 6) is 3.32. The molecule has 1 fully saturated rings. The zero-order chi connectivity index (χ0) is 17.8. The van der Waals surface area contributed by atoms with Crippen LogP contribution in [0.15, 0.2) is 54.7 Å². The molecule has 0 radical (unpaired) electrons. The third-order valence-electron chi connectivity index (χ3n) is 4.82. The van der Waals surface area contributed by atoms with Crippen molar-refractivity contribution in [2.45, 2.75) is 6.92 Å². The number of rotatable bonds is 2. The highest BCUT2D eigenvalue weighted by atomic mass is 15.2. The van der Waals surface area contributed by atoms with E-state index in [0.717, 1.165) is 60.6 Å². The molecule has 26 heavy (non-hydrogen) atoms. The highest BCUT2D eigenvalue weighted by molar-refractivity contribution is 5.89. The fourth-order valence-corrected chi connectivity index (χ4v) is 3.25. The Kier molecular flexibility index (Phi) is 4.81. The Bertz CT molecular complexity index is 948. The average molecular weight is 342 g/mol. The largest absolute Gasteiger partial charge is 0.330 e. The van der Waals surface area contributed by atoms with Crippen LogP contribution in [0.2, 0.25) is 0 Å². The van der Waals surface area contributed by atoms with E-state index in [9.17, 15) is 0 Å². The van der Waals surface area contributed by atoms with E-state index in [-0.39, 0.29) is 0 Å². The fraction of sp³-hybridized carbons (Fsp3) is 0.273. The molecule has 0 N–H and O–H groups in total. The Morgan fingerprint density at radius 1 is 0.962 bits per heavy atom. The van der Waals surface area contributed by atoms with Gasteiger partial charge in [0.1, 0.15) is 5.69 Å². The molecular weight excluding hydrogens is 320 g/mol. The van der Waals surface area contributed by atoms with Crippen LogP contribution in [0.1, 0.15) is 12.6 Å². The normalized spacial score (nSPS) is 14.9. The summed E-state index contributed by atoms with van der Waals surface area (Å²) >= 11 is 0. The molecule has 130 valence electrons. The summed E-state index contributed by atoms with van der Waals surface area (Å²) in [7, 11) is 0. The van der Waals surface area contributed by atoms with Crippen molar-refractivity contribution in [3.63, 3.8) is 0 Å². The lowest BCUT2D eigenvalue weighted by Gasteiger charge is -2.31. The van der Waals surface area contributed by atoms with E-state index in [1.165, 1.54) is 0 Å². The maximum atomic E-state index is 4.81. The predicted molar refractivity (Wildman–Crippen MR) is 106 cm³/mol. The van der Waals surface area contributed by atoms with Gasteiger partial charge in [0.25, 0.3) is 0 Å². The lowest BCUT2D eigenvalue weighted by molar-refractivity contribution is 0.183. The second-order valence-corrected chi connectivity index (χ2v) is 6.45. The first-order valence-electron chi connectivity index (χ1n) is 9.13. The van der Waals surface area contributed by atoms with E-state index < -0.39 is 0 Å². The van der Waals surface area contributed by atoms with Crippen molar-refractivity contribution in [2.75, 3.05) is 32.7 Å². The first kappa shape index (κ1) is 16.6. The van der Waals surface area contributed by atoms with E-state index in [0.29, 0.717) is 0 Å². The SMILES string of the molecule is CCN1CCN(C#Cc2nc(-c3ccccn3)cc3ccccc23)CC1. The van der Waals surface area contributed by atoms with Crippen molar-refractivity contribution < 1.29 is 0 Å². The van der Waals surface area contributed by atoms with Gasteiger partial charge in [0.15, 0.2) is 0 Å². The van der Waals surface area contributed by atoms with Crippen LogP contribution in [0.5, 0.6) is 0 Å². The van der Waals surface area contributed by atoms with Gasteiger partial charge in [0.05, 0.1) is 11.4 Å². The monoisotopic (exact) mass is 342 g/mol. The van der Waals surface area contributed by atoms with Crippen LogP contribution < -0.4 is 0 Å². The molecule has 1 aliphatic rings. The molecule has 0 atom stereocenters. The third-order valence-corrected chi connectivity index (χ3v) is 4.82. The maximum absolute atomic E-state index is 4.81. The lowest BCUT2D eigenvalue weighted by Crippen LogP contribution is -2.43. The number of hydrogen-bond donors (Lipinski definition) is 0. The first-order valence-corrected chi connectivity index (χ1v) is 9.13. The Morgan fingerprint density at radius 2 is 1.77 bits per heavy atom. The van der Waals surface area contributed by atoms with Crippen LogP contribution >= 0.6 is 0 Å². The van der Waals surface area contributed by atoms with Crippen LogP contribution in [0.25, 0.3) is 22.2 Å². The van der Waals surface area contributed by atoms with E-state index in [1.807, 2.05) is 30.3 Å². The highest BCUT2D eigenvalue weighted by Gasteiger charge is 2.13. The molecule has 0 amide bonds. The number of pyridine rings is 2. The van der Waals surface area contributed by atoms with Gasteiger partial charge in [-0.05, 0) is 36.1 Å². The minimum Gasteiger partial charge on any atom is -0.330 e. The van der Waals surface area contributed by atoms with E-state index >= 15 is 0 Å². The molecule has 4 heteroatoms. The van der Waals surface area contributed by atoms with Crippen LogP contribution in [0, 0.1) is 12.0 Å². The zero-order valence-electron chi connectivity index (χ0n) is 15.0. The highest BCUT2D eigenvalue weighted by Crippen LogP contribution is 2.23. The van der Waals surface area contributed by atoms with Crippen molar-refractivity contribution in [1.29, 1.82) is 0 Å². The van der Waals surface area contributed by atoms with Crippen LogP contribution in [-0.2, 0) is 0 Å². The van der Waals surface area contributed by atoms with Gasteiger partial charge in [-0.2, -0.15) is 0 Å². The van der Waals surface area contributed by atoms with E-state index in [4.69, 9.17) is 4.98 Å². The number of likely N-dealkylation sites (N-methyl/N-ethyl adjacent to an activating group) is 1. The predicted octanol–water partition coefficient (Wildman–Crippen LogP) is 3.24. The summed E-state index contributed by atoms with van der Waals surface area (Å²) in [6.07, 6.45) is 1.80. The van der Waals surface area contributed by atoms with Gasteiger partial charge in [-0.1, -0.05) is 37.3 Å². The van der Waals surface area contributed by atoms with Crippen LogP contribution in [0.4, 0.5) is 0 Å². The molecule has 4 rings (SSSR count). The molecule has 1 aliphatic heterocycles. The Morgan fingerprint density at radius 3 is 2.54 bits per heavy atom. The van der Waals surface area contributed by atoms with Crippen molar-refractivity contribution in [1.82, 2.24) is 19.8 Å². The summed E-state index contributed by atoms with van der Waals surface area (Å²) in [6, 6.07) is 19.6. The Balaban J connectivity index is 1.69. The first-order chi connectivity index (χ1) is 12.8. The summed E-state index contributed by atoms with van der Waals surface area (Å²) in [6.45, 7) is 7.44. The van der Waals surface area contributed by atoms with Gasteiger partial charge in [-0.15, -0.1) is 0 Å². The lowest BCUT2D eigenvalue weighted by atomic mass is 10.1. The Hall–Kier alpha value is -2.90. The molecular formula is C22H22N4. The molecule has 0 saturated carbocycles. The molecule has 0 unspecified atom stereocenters. The molecule has 3 aromatic rings. The molecule has 3 heterocycles. The van der Waals surface area contributed by atoms with Gasteiger partial charge in [0, 0.05) is 43.8 Å². The van der Waals surface area contributed by atoms with E-state index in [2.05, 4.69) is 51.9 Å². The van der Waals surface area contributed by atoms with Crippen molar-refractivity contribution in [2.24, 2.45) is 0 Å². The standard InChI is InChI=1S/C22H22N4/c1-2-25-13-15-26(16-14-25)12-10-20-19-8-4-3-7-18(19)17-22(24-20)21-9-5-6-11-23-21/h3-9,11,17H,2,13-16H2,1H3. The fourth-order valence-electron chi connectivity index (χ4n) is 3.25. The quantitative estimate of drug-likeness (QED) is 0.669. The number of piperazine rings is 1. The van der Waals surface area contributed by atoms with Gasteiger partial charge in [0.2, 0.25) is 0 Å². The van der Waals surface area contributed by atoms with Crippen LogP contribution in [-0.4, -0.2) is 52.5 Å². The summed E-state index contributed by atoms with van der Waals surface area (Å²) in [4.78, 5) is 13.9. The van der Waals surface area contributed by atoms with Crippen molar-refractivity contribution in [3.8, 4) is 23.4 Å². The topological polar surface area (TPSA) is 32.3 Å². The number of benzene rings is 1. The molecule has 0 spiro atoms. The van der Waals surface area contributed by atoms with Crippen molar-refractivity contribution >= 4 is 10.8 Å². The summed E-state index contributed by atoms with van der Waals surface area (Å²) in [5, 5.41) is 2.23. The summed E-state index contributed by atoms with van der Waals surface area (Å²) < 4.78 is 0. The second kappa shape index (κ2) is 7.55. The van der Waals surface area contributed by atoms with E-state index in [1.54, 1.807) is 6.20 Å². The molecule has 4 nitrogen and oxygen atoms in total. The minimum atomic E-state index is 0.821. The summed E-state index contributed by atoms with van der Waals surface area (Å²) in [5.41, 5.74) is 2.56. The minimum absolute atomic E-state index is 0.821. The van der Waals surface area contributed by atoms with Gasteiger partial charge >= 0.3 is 0 Å². The average Bonchev–Trinajstić information content (AvgIpc) is 2.73. The van der Waals surface area contributed by atoms with Gasteiger partial charge < -0.3 is 9.80 Å². The van der Waals surface area contributed by atoms with Gasteiger partial charge in [-0.3, -0.25) is 4.98 Å². The maximum Gasteiger partial charge on any atom is 0.123 e. The molecule has 1 saturated heterocycles. The molecule has 0 aliphatic carbocycles. The number of aromatic nitrogens is 2. The number of hydrogen-bond acceptors (Lipinski definition) is 4. The Labute approximate surface area is 154 Å². The number of nitrogens with zero attached hydrogens (tertiary/aromatic N) is 4. The van der Waals surface area contributed by atoms with Gasteiger partial charge in [-0.25, -0.2) is 4.98 Å².